The molecule has 28 heavy (non-hydrogen) atoms. The smallest absolute Gasteiger partial charge is 0.265 e. The van der Waals surface area contributed by atoms with E-state index in [0.29, 0.717) is 10.0 Å². The molecule has 1 aliphatic heterocycles. The minimum atomic E-state index is -0.812. The lowest BCUT2D eigenvalue weighted by molar-refractivity contribution is 0.103. The number of hydrogen-bond acceptors (Lipinski definition) is 6. The van der Waals surface area contributed by atoms with Crippen LogP contribution in [0, 0.1) is 11.6 Å². The van der Waals surface area contributed by atoms with Crippen molar-refractivity contribution >= 4 is 50.7 Å². The first-order valence-corrected chi connectivity index (χ1v) is 11.0. The zero-order valence-corrected chi connectivity index (χ0v) is 16.8. The summed E-state index contributed by atoms with van der Waals surface area (Å²) in [6, 6.07) is 4.81. The molecule has 3 aromatic rings. The zero-order chi connectivity index (χ0) is 19.7. The zero-order valence-electron chi connectivity index (χ0n) is 15.2. The van der Waals surface area contributed by atoms with E-state index < -0.39 is 17.5 Å². The molecule has 1 saturated heterocycles. The number of amides is 1. The number of halogens is 2. The Labute approximate surface area is 169 Å². The molecule has 9 heteroatoms. The van der Waals surface area contributed by atoms with Crippen LogP contribution < -0.4 is 10.2 Å². The molecule has 1 fully saturated rings. The summed E-state index contributed by atoms with van der Waals surface area (Å²) in [6.07, 6.45) is 5.35. The quantitative estimate of drug-likeness (QED) is 0.479. The van der Waals surface area contributed by atoms with E-state index in [2.05, 4.69) is 20.2 Å². The molecule has 0 unspecified atom stereocenters. The van der Waals surface area contributed by atoms with Crippen molar-refractivity contribution in [1.29, 1.82) is 0 Å². The Morgan fingerprint density at radius 2 is 1.96 bits per heavy atom. The summed E-state index contributed by atoms with van der Waals surface area (Å²) >= 11 is 2.70. The van der Waals surface area contributed by atoms with Crippen molar-refractivity contribution in [2.75, 3.05) is 29.6 Å². The van der Waals surface area contributed by atoms with Crippen molar-refractivity contribution in [3.8, 4) is 0 Å². The summed E-state index contributed by atoms with van der Waals surface area (Å²) in [5.74, 6) is -1.11. The molecule has 1 N–H and O–H groups in total. The molecule has 0 radical (unpaired) electrons. The fourth-order valence-electron chi connectivity index (χ4n) is 3.21. The van der Waals surface area contributed by atoms with Crippen LogP contribution in [0.4, 0.5) is 20.3 Å². The lowest BCUT2D eigenvalue weighted by Crippen LogP contribution is -2.30. The van der Waals surface area contributed by atoms with Crippen LogP contribution in [0.5, 0.6) is 0 Å². The van der Waals surface area contributed by atoms with Gasteiger partial charge in [0.15, 0.2) is 5.16 Å². The van der Waals surface area contributed by atoms with Gasteiger partial charge in [-0.3, -0.25) is 4.79 Å². The number of benzene rings is 1. The van der Waals surface area contributed by atoms with E-state index in [1.165, 1.54) is 35.6 Å². The van der Waals surface area contributed by atoms with Gasteiger partial charge in [0.25, 0.3) is 5.91 Å². The molecular formula is C19H18F2N4OS2. The molecule has 0 spiro atoms. The van der Waals surface area contributed by atoms with Gasteiger partial charge in [-0.2, -0.15) is 0 Å². The van der Waals surface area contributed by atoms with Gasteiger partial charge in [0.05, 0.1) is 16.0 Å². The molecular weight excluding hydrogens is 402 g/mol. The number of carbonyl (C=O) groups is 1. The van der Waals surface area contributed by atoms with E-state index in [4.69, 9.17) is 0 Å². The first kappa shape index (κ1) is 19.1. The second kappa shape index (κ2) is 8.00. The van der Waals surface area contributed by atoms with Crippen LogP contribution in [0.1, 0.15) is 28.9 Å². The van der Waals surface area contributed by atoms with Crippen LogP contribution in [0.2, 0.25) is 0 Å². The monoisotopic (exact) mass is 420 g/mol. The predicted octanol–water partition coefficient (Wildman–Crippen LogP) is 4.93. The van der Waals surface area contributed by atoms with Crippen molar-refractivity contribution in [2.45, 2.75) is 24.4 Å². The summed E-state index contributed by atoms with van der Waals surface area (Å²) < 4.78 is 26.9. The Hall–Kier alpha value is -2.26. The first-order valence-electron chi connectivity index (χ1n) is 8.92. The van der Waals surface area contributed by atoms with Gasteiger partial charge in [-0.1, -0.05) is 11.8 Å². The number of aromatic nitrogens is 2. The maximum Gasteiger partial charge on any atom is 0.265 e. The highest BCUT2D eigenvalue weighted by Gasteiger charge is 2.21. The van der Waals surface area contributed by atoms with E-state index in [0.717, 1.165) is 54.1 Å². The van der Waals surface area contributed by atoms with Gasteiger partial charge in [-0.15, -0.1) is 11.3 Å². The lowest BCUT2D eigenvalue weighted by Gasteiger charge is -2.28. The summed E-state index contributed by atoms with van der Waals surface area (Å²) in [7, 11) is 0. The Morgan fingerprint density at radius 3 is 2.68 bits per heavy atom. The standard InChI is InChI=1S/C19H18F2N4OS2/c1-27-19-23-16(25-7-3-2-4-8-25)12-10-15(28-18(12)24-19)17(26)22-14-6-5-11(20)9-13(14)21/h5-6,9-10H,2-4,7-8H2,1H3,(H,22,26). The Balaban J connectivity index is 1.69. The second-order valence-electron chi connectivity index (χ2n) is 6.49. The van der Waals surface area contributed by atoms with Crippen molar-refractivity contribution in [3.05, 3.63) is 40.8 Å². The van der Waals surface area contributed by atoms with Crippen molar-refractivity contribution < 1.29 is 13.6 Å². The molecule has 0 atom stereocenters. The van der Waals surface area contributed by atoms with Crippen molar-refractivity contribution in [2.24, 2.45) is 0 Å². The molecule has 1 aliphatic rings. The van der Waals surface area contributed by atoms with Gasteiger partial charge in [0.2, 0.25) is 0 Å². The molecule has 3 heterocycles. The topological polar surface area (TPSA) is 58.1 Å². The van der Waals surface area contributed by atoms with Crippen LogP contribution in [-0.2, 0) is 0 Å². The molecule has 4 rings (SSSR count). The number of carbonyl (C=O) groups excluding carboxylic acids is 1. The number of nitrogens with one attached hydrogen (secondary N) is 1. The highest BCUT2D eigenvalue weighted by molar-refractivity contribution is 7.98. The maximum absolute atomic E-state index is 13.9. The Morgan fingerprint density at radius 1 is 1.18 bits per heavy atom. The van der Waals surface area contributed by atoms with E-state index >= 15 is 0 Å². The first-order chi connectivity index (χ1) is 13.5. The fraction of sp³-hybridized carbons (Fsp3) is 0.316. The van der Waals surface area contributed by atoms with E-state index in [1.807, 2.05) is 6.26 Å². The van der Waals surface area contributed by atoms with Crippen LogP contribution >= 0.6 is 23.1 Å². The number of rotatable bonds is 4. The molecule has 146 valence electrons. The molecule has 0 aliphatic carbocycles. The summed E-state index contributed by atoms with van der Waals surface area (Å²) in [4.78, 5) is 25.2. The molecule has 2 aromatic heterocycles. The van der Waals surface area contributed by atoms with Crippen molar-refractivity contribution in [3.63, 3.8) is 0 Å². The predicted molar refractivity (Wildman–Crippen MR) is 110 cm³/mol. The number of fused-ring (bicyclic) bond motifs is 1. The van der Waals surface area contributed by atoms with Crippen LogP contribution in [-0.4, -0.2) is 35.2 Å². The van der Waals surface area contributed by atoms with Gasteiger partial charge in [0.1, 0.15) is 22.3 Å². The fourth-order valence-corrected chi connectivity index (χ4v) is 4.55. The average Bonchev–Trinajstić information content (AvgIpc) is 3.14. The number of nitrogens with zero attached hydrogens (tertiary/aromatic N) is 3. The number of piperidine rings is 1. The summed E-state index contributed by atoms with van der Waals surface area (Å²) in [5.41, 5.74) is -0.0593. The molecule has 0 bridgehead atoms. The molecule has 1 amide bonds. The Kier molecular flexibility index (Phi) is 5.45. The molecule has 5 nitrogen and oxygen atoms in total. The van der Waals surface area contributed by atoms with Gasteiger partial charge in [-0.25, -0.2) is 18.7 Å². The third-order valence-electron chi connectivity index (χ3n) is 4.59. The highest BCUT2D eigenvalue weighted by atomic mass is 32.2. The number of anilines is 2. The van der Waals surface area contributed by atoms with E-state index in [-0.39, 0.29) is 5.69 Å². The largest absolute Gasteiger partial charge is 0.356 e. The van der Waals surface area contributed by atoms with Crippen LogP contribution in [0.15, 0.2) is 29.4 Å². The van der Waals surface area contributed by atoms with Gasteiger partial charge < -0.3 is 10.2 Å². The maximum atomic E-state index is 13.9. The third-order valence-corrected chi connectivity index (χ3v) is 6.17. The number of hydrogen-bond donors (Lipinski definition) is 1. The van der Waals surface area contributed by atoms with Gasteiger partial charge in [-0.05, 0) is 43.7 Å². The number of thioether (sulfide) groups is 1. The van der Waals surface area contributed by atoms with Crippen LogP contribution in [0.3, 0.4) is 0 Å². The second-order valence-corrected chi connectivity index (χ2v) is 8.29. The summed E-state index contributed by atoms with van der Waals surface area (Å²) in [5, 5.41) is 3.99. The minimum Gasteiger partial charge on any atom is -0.356 e. The highest BCUT2D eigenvalue weighted by Crippen LogP contribution is 2.34. The number of thiophene rings is 1. The normalized spacial score (nSPS) is 14.5. The van der Waals surface area contributed by atoms with E-state index in [9.17, 15) is 13.6 Å². The van der Waals surface area contributed by atoms with Gasteiger partial charge >= 0.3 is 0 Å². The average molecular weight is 421 g/mol. The lowest BCUT2D eigenvalue weighted by atomic mass is 10.1. The van der Waals surface area contributed by atoms with Crippen molar-refractivity contribution in [1.82, 2.24) is 9.97 Å². The third kappa shape index (κ3) is 3.81. The minimum absolute atomic E-state index is 0.0593. The molecule has 0 saturated carbocycles. The van der Waals surface area contributed by atoms with Crippen LogP contribution in [0.25, 0.3) is 10.2 Å². The SMILES string of the molecule is CSc1nc(N2CCCCC2)c2cc(C(=O)Nc3ccc(F)cc3F)sc2n1. The summed E-state index contributed by atoms with van der Waals surface area (Å²) in [6.45, 7) is 1.86. The van der Waals surface area contributed by atoms with E-state index in [1.54, 1.807) is 6.07 Å². The van der Waals surface area contributed by atoms with Gasteiger partial charge in [0, 0.05) is 19.2 Å². The molecule has 1 aromatic carbocycles. The Bertz CT molecular complexity index is 1030.